The molecule has 0 aliphatic carbocycles. The van der Waals surface area contributed by atoms with Gasteiger partial charge in [-0.1, -0.05) is 26.0 Å². The zero-order chi connectivity index (χ0) is 18.6. The Morgan fingerprint density at radius 2 is 1.96 bits per heavy atom. The molecule has 3 aliphatic rings. The number of nitrogens with zero attached hydrogens (tertiary/aromatic N) is 2. The molecule has 5 heteroatoms. The van der Waals surface area contributed by atoms with Crippen LogP contribution in [0.25, 0.3) is 0 Å². The minimum Gasteiger partial charge on any atom is -0.497 e. The molecular weight excluding hydrogens is 328 g/mol. The highest BCUT2D eigenvalue weighted by atomic mass is 16.5. The number of hydrogen-bond donors (Lipinski definition) is 0. The van der Waals surface area contributed by atoms with Crippen LogP contribution in [-0.2, 0) is 9.53 Å². The predicted molar refractivity (Wildman–Crippen MR) is 99.0 cm³/mol. The van der Waals surface area contributed by atoms with Crippen LogP contribution in [0.2, 0.25) is 0 Å². The van der Waals surface area contributed by atoms with Gasteiger partial charge in [-0.2, -0.15) is 0 Å². The minimum absolute atomic E-state index is 0.0137. The Balaban J connectivity index is 1.76. The van der Waals surface area contributed by atoms with E-state index >= 15 is 0 Å². The van der Waals surface area contributed by atoms with E-state index in [0.29, 0.717) is 6.61 Å². The SMILES string of the molecule is CCOC(=O)C1=CN2[C@H](c3ccc(OC)cc3)CC3=C(C)C(C)(C)[C@@H]1N32. The van der Waals surface area contributed by atoms with Crippen LogP contribution in [-0.4, -0.2) is 35.7 Å². The molecule has 0 amide bonds. The summed E-state index contributed by atoms with van der Waals surface area (Å²) in [6.45, 7) is 8.88. The van der Waals surface area contributed by atoms with Gasteiger partial charge in [0.1, 0.15) is 5.75 Å². The summed E-state index contributed by atoms with van der Waals surface area (Å²) in [4.78, 5) is 12.6. The van der Waals surface area contributed by atoms with E-state index < -0.39 is 0 Å². The van der Waals surface area contributed by atoms with Crippen molar-refractivity contribution in [1.82, 2.24) is 10.0 Å². The maximum absolute atomic E-state index is 12.6. The summed E-state index contributed by atoms with van der Waals surface area (Å²) >= 11 is 0. The molecule has 0 radical (unpaired) electrons. The van der Waals surface area contributed by atoms with E-state index in [9.17, 15) is 4.79 Å². The number of methoxy groups -OCH3 is 1. The molecule has 3 heterocycles. The van der Waals surface area contributed by atoms with Crippen LogP contribution in [0.1, 0.15) is 45.7 Å². The molecule has 0 spiro atoms. The van der Waals surface area contributed by atoms with E-state index in [1.54, 1.807) is 7.11 Å². The standard InChI is InChI=1S/C21H26N2O3/c1-6-26-20(24)16-12-22-18(14-7-9-15(25-5)10-8-14)11-17-13(2)21(3,4)19(16)23(17)22/h7-10,12,18-19H,6,11H2,1-5H3/t18-,19+/m0/s1. The molecule has 5 nitrogen and oxygen atoms in total. The summed E-state index contributed by atoms with van der Waals surface area (Å²) in [7, 11) is 1.68. The summed E-state index contributed by atoms with van der Waals surface area (Å²) in [6, 6.07) is 8.41. The molecular formula is C21H26N2O3. The van der Waals surface area contributed by atoms with E-state index in [1.165, 1.54) is 16.8 Å². The molecule has 1 saturated heterocycles. The molecule has 0 bridgehead atoms. The average molecular weight is 354 g/mol. The number of carbonyl (C=O) groups is 1. The Hall–Kier alpha value is -2.43. The molecule has 138 valence electrons. The van der Waals surface area contributed by atoms with Gasteiger partial charge >= 0.3 is 5.97 Å². The number of hydrogen-bond acceptors (Lipinski definition) is 5. The summed E-state index contributed by atoms with van der Waals surface area (Å²) in [6.07, 6.45) is 2.95. The van der Waals surface area contributed by atoms with Crippen LogP contribution >= 0.6 is 0 Å². The molecule has 1 aromatic carbocycles. The van der Waals surface area contributed by atoms with Gasteiger partial charge in [-0.15, -0.1) is 0 Å². The molecule has 0 aromatic heterocycles. The molecule has 1 aromatic rings. The van der Waals surface area contributed by atoms with Crippen molar-refractivity contribution in [1.29, 1.82) is 0 Å². The first-order valence-corrected chi connectivity index (χ1v) is 9.20. The highest BCUT2D eigenvalue weighted by Crippen LogP contribution is 2.58. The third-order valence-electron chi connectivity index (χ3n) is 6.14. The first-order chi connectivity index (χ1) is 12.4. The second kappa shape index (κ2) is 5.79. The van der Waals surface area contributed by atoms with Crippen LogP contribution in [0.5, 0.6) is 5.75 Å². The lowest BCUT2D eigenvalue weighted by Crippen LogP contribution is -2.41. The summed E-state index contributed by atoms with van der Waals surface area (Å²) in [5.41, 5.74) is 4.57. The second-order valence-electron chi connectivity index (χ2n) is 7.72. The summed E-state index contributed by atoms with van der Waals surface area (Å²) < 4.78 is 10.6. The zero-order valence-corrected chi connectivity index (χ0v) is 16.1. The quantitative estimate of drug-likeness (QED) is 0.770. The predicted octanol–water partition coefficient (Wildman–Crippen LogP) is 3.80. The Bertz CT molecular complexity index is 807. The number of carbonyl (C=O) groups excluding carboxylic acids is 1. The van der Waals surface area contributed by atoms with E-state index in [1.807, 2.05) is 25.3 Å². The highest BCUT2D eigenvalue weighted by Gasteiger charge is 2.57. The lowest BCUT2D eigenvalue weighted by atomic mass is 9.77. The van der Waals surface area contributed by atoms with Crippen molar-refractivity contribution in [2.75, 3.05) is 13.7 Å². The molecule has 2 atom stereocenters. The molecule has 0 unspecified atom stereocenters. The maximum atomic E-state index is 12.6. The van der Waals surface area contributed by atoms with E-state index in [4.69, 9.17) is 9.47 Å². The fourth-order valence-electron chi connectivity index (χ4n) is 4.52. The molecule has 0 saturated carbocycles. The largest absolute Gasteiger partial charge is 0.497 e. The van der Waals surface area contributed by atoms with Gasteiger partial charge in [0.25, 0.3) is 0 Å². The number of ether oxygens (including phenoxy) is 2. The van der Waals surface area contributed by atoms with Crippen LogP contribution < -0.4 is 4.74 Å². The third kappa shape index (κ3) is 2.19. The Kier molecular flexibility index (Phi) is 3.79. The van der Waals surface area contributed by atoms with Gasteiger partial charge in [0, 0.05) is 23.7 Å². The van der Waals surface area contributed by atoms with Gasteiger partial charge in [-0.05, 0) is 37.1 Å². The van der Waals surface area contributed by atoms with E-state index in [2.05, 4.69) is 42.9 Å². The summed E-state index contributed by atoms with van der Waals surface area (Å²) in [5.74, 6) is 0.647. The first-order valence-electron chi connectivity index (χ1n) is 9.20. The number of hydrazine groups is 1. The number of benzene rings is 1. The fraction of sp³-hybridized carbons (Fsp3) is 0.476. The van der Waals surface area contributed by atoms with Crippen molar-refractivity contribution >= 4 is 5.97 Å². The molecule has 3 aliphatic heterocycles. The lowest BCUT2D eigenvalue weighted by molar-refractivity contribution is -0.139. The van der Waals surface area contributed by atoms with Crippen LogP contribution in [0.4, 0.5) is 0 Å². The first kappa shape index (κ1) is 17.0. The topological polar surface area (TPSA) is 42.0 Å². The normalized spacial score (nSPS) is 25.5. The van der Waals surface area contributed by atoms with Gasteiger partial charge in [0.05, 0.1) is 31.4 Å². The minimum atomic E-state index is -0.206. The van der Waals surface area contributed by atoms with E-state index in [0.717, 1.165) is 17.7 Å². The smallest absolute Gasteiger partial charge is 0.337 e. The maximum Gasteiger partial charge on any atom is 0.337 e. The van der Waals surface area contributed by atoms with Crippen molar-refractivity contribution in [3.05, 3.63) is 52.9 Å². The van der Waals surface area contributed by atoms with Crippen molar-refractivity contribution in [3.63, 3.8) is 0 Å². The summed E-state index contributed by atoms with van der Waals surface area (Å²) in [5, 5.41) is 4.54. The van der Waals surface area contributed by atoms with Gasteiger partial charge < -0.3 is 9.47 Å². The Labute approximate surface area is 154 Å². The Morgan fingerprint density at radius 1 is 1.27 bits per heavy atom. The zero-order valence-electron chi connectivity index (χ0n) is 16.1. The van der Waals surface area contributed by atoms with Crippen LogP contribution in [0.3, 0.4) is 0 Å². The number of rotatable bonds is 4. The van der Waals surface area contributed by atoms with Gasteiger partial charge in [-0.3, -0.25) is 10.0 Å². The molecule has 0 N–H and O–H groups in total. The molecule has 4 rings (SSSR count). The van der Waals surface area contributed by atoms with Crippen LogP contribution in [0.15, 0.2) is 47.3 Å². The van der Waals surface area contributed by atoms with Crippen molar-refractivity contribution < 1.29 is 14.3 Å². The van der Waals surface area contributed by atoms with Gasteiger partial charge in [-0.25, -0.2) is 4.79 Å². The monoisotopic (exact) mass is 354 g/mol. The van der Waals surface area contributed by atoms with Crippen molar-refractivity contribution in [2.45, 2.75) is 46.2 Å². The second-order valence-corrected chi connectivity index (χ2v) is 7.72. The fourth-order valence-corrected chi connectivity index (χ4v) is 4.52. The average Bonchev–Trinajstić information content (AvgIpc) is 3.24. The highest BCUT2D eigenvalue weighted by molar-refractivity contribution is 5.91. The third-order valence-corrected chi connectivity index (χ3v) is 6.14. The number of esters is 1. The molecule has 1 fully saturated rings. The van der Waals surface area contributed by atoms with Crippen molar-refractivity contribution in [3.8, 4) is 5.75 Å². The Morgan fingerprint density at radius 3 is 2.58 bits per heavy atom. The van der Waals surface area contributed by atoms with E-state index in [-0.39, 0.29) is 23.5 Å². The van der Waals surface area contributed by atoms with Crippen LogP contribution in [0, 0.1) is 5.41 Å². The lowest BCUT2D eigenvalue weighted by Gasteiger charge is -2.35. The van der Waals surface area contributed by atoms with Gasteiger partial charge in [0.15, 0.2) is 0 Å². The van der Waals surface area contributed by atoms with Gasteiger partial charge in [0.2, 0.25) is 0 Å². The van der Waals surface area contributed by atoms with Crippen molar-refractivity contribution in [2.24, 2.45) is 5.41 Å². The molecule has 26 heavy (non-hydrogen) atoms.